The molecule has 0 aliphatic carbocycles. The molecule has 0 aliphatic heterocycles. The first-order valence-corrected chi connectivity index (χ1v) is 6.16. The molecule has 0 unspecified atom stereocenters. The highest BCUT2D eigenvalue weighted by Crippen LogP contribution is 2.19. The molecule has 3 heterocycles. The summed E-state index contributed by atoms with van der Waals surface area (Å²) in [5.74, 6) is 0.795. The van der Waals surface area contributed by atoms with Gasteiger partial charge in [0.25, 0.3) is 0 Å². The van der Waals surface area contributed by atoms with Crippen molar-refractivity contribution in [1.29, 1.82) is 0 Å². The van der Waals surface area contributed by atoms with Gasteiger partial charge in [0.2, 0.25) is 0 Å². The second-order valence-corrected chi connectivity index (χ2v) is 4.50. The van der Waals surface area contributed by atoms with Crippen LogP contribution in [0.2, 0.25) is 0 Å². The van der Waals surface area contributed by atoms with Crippen molar-refractivity contribution in [1.82, 2.24) is 19.5 Å². The van der Waals surface area contributed by atoms with E-state index in [0.29, 0.717) is 6.54 Å². The molecule has 0 spiro atoms. The summed E-state index contributed by atoms with van der Waals surface area (Å²) in [5.41, 5.74) is 4.15. The van der Waals surface area contributed by atoms with E-state index < -0.39 is 0 Å². The summed E-state index contributed by atoms with van der Waals surface area (Å²) in [6, 6.07) is 5.95. The molecular weight excluding hydrogens is 238 g/mol. The Bertz CT molecular complexity index is 717. The predicted octanol–water partition coefficient (Wildman–Crippen LogP) is 2.28. The van der Waals surface area contributed by atoms with E-state index in [4.69, 9.17) is 0 Å². The number of rotatable bonds is 3. The molecule has 3 aromatic heterocycles. The standard InChI is InChI=1S/C14H15N5/c1-10-4-3-6-15-11(10)8-17-14-13-12(5-7-16-14)19(2)9-18-13/h3-7,9H,8H2,1-2H3,(H,16,17). The maximum absolute atomic E-state index is 4.37. The van der Waals surface area contributed by atoms with Gasteiger partial charge in [0.15, 0.2) is 5.82 Å². The van der Waals surface area contributed by atoms with E-state index in [1.165, 1.54) is 5.56 Å². The van der Waals surface area contributed by atoms with Crippen LogP contribution in [-0.4, -0.2) is 19.5 Å². The van der Waals surface area contributed by atoms with Gasteiger partial charge in [-0.25, -0.2) is 9.97 Å². The molecule has 3 rings (SSSR count). The van der Waals surface area contributed by atoms with Crippen molar-refractivity contribution in [3.63, 3.8) is 0 Å². The first kappa shape index (κ1) is 11.6. The molecule has 0 fully saturated rings. The topological polar surface area (TPSA) is 55.6 Å². The Morgan fingerprint density at radius 3 is 2.89 bits per heavy atom. The van der Waals surface area contributed by atoms with Gasteiger partial charge in [0, 0.05) is 19.4 Å². The normalized spacial score (nSPS) is 10.8. The Labute approximate surface area is 111 Å². The van der Waals surface area contributed by atoms with Gasteiger partial charge in [-0.05, 0) is 24.6 Å². The highest BCUT2D eigenvalue weighted by molar-refractivity contribution is 5.85. The Morgan fingerprint density at radius 2 is 2.05 bits per heavy atom. The lowest BCUT2D eigenvalue weighted by atomic mass is 10.2. The van der Waals surface area contributed by atoms with E-state index >= 15 is 0 Å². The molecular formula is C14H15N5. The summed E-state index contributed by atoms with van der Waals surface area (Å²) >= 11 is 0. The summed E-state index contributed by atoms with van der Waals surface area (Å²) < 4.78 is 1.98. The summed E-state index contributed by atoms with van der Waals surface area (Å²) in [4.78, 5) is 13.1. The third-order valence-electron chi connectivity index (χ3n) is 3.18. The lowest BCUT2D eigenvalue weighted by Crippen LogP contribution is -2.05. The maximum Gasteiger partial charge on any atom is 0.154 e. The fourth-order valence-corrected chi connectivity index (χ4v) is 2.06. The van der Waals surface area contributed by atoms with Gasteiger partial charge in [-0.15, -0.1) is 0 Å². The van der Waals surface area contributed by atoms with Crippen LogP contribution in [-0.2, 0) is 13.6 Å². The van der Waals surface area contributed by atoms with Crippen molar-refractivity contribution < 1.29 is 0 Å². The van der Waals surface area contributed by atoms with Gasteiger partial charge in [-0.1, -0.05) is 6.07 Å². The number of anilines is 1. The number of hydrogen-bond acceptors (Lipinski definition) is 4. The summed E-state index contributed by atoms with van der Waals surface area (Å²) in [5, 5.41) is 3.31. The zero-order chi connectivity index (χ0) is 13.2. The third kappa shape index (κ3) is 2.14. The predicted molar refractivity (Wildman–Crippen MR) is 74.8 cm³/mol. The third-order valence-corrected chi connectivity index (χ3v) is 3.18. The number of imidazole rings is 1. The second-order valence-electron chi connectivity index (χ2n) is 4.50. The zero-order valence-corrected chi connectivity index (χ0v) is 11.0. The monoisotopic (exact) mass is 253 g/mol. The van der Waals surface area contributed by atoms with Crippen LogP contribution in [0, 0.1) is 6.92 Å². The van der Waals surface area contributed by atoms with Gasteiger partial charge in [-0.2, -0.15) is 0 Å². The molecule has 5 nitrogen and oxygen atoms in total. The average molecular weight is 253 g/mol. The van der Waals surface area contributed by atoms with Gasteiger partial charge in [0.1, 0.15) is 5.52 Å². The number of fused-ring (bicyclic) bond motifs is 1. The number of nitrogens with one attached hydrogen (secondary N) is 1. The van der Waals surface area contributed by atoms with Gasteiger partial charge in [0.05, 0.1) is 24.1 Å². The van der Waals surface area contributed by atoms with Crippen molar-refractivity contribution in [3.05, 3.63) is 48.2 Å². The molecule has 0 bridgehead atoms. The molecule has 5 heteroatoms. The van der Waals surface area contributed by atoms with Crippen molar-refractivity contribution in [3.8, 4) is 0 Å². The first-order chi connectivity index (χ1) is 9.25. The largest absolute Gasteiger partial charge is 0.363 e. The number of aryl methyl sites for hydroxylation is 2. The van der Waals surface area contributed by atoms with Crippen LogP contribution in [0.15, 0.2) is 36.9 Å². The van der Waals surface area contributed by atoms with Crippen LogP contribution in [0.4, 0.5) is 5.82 Å². The molecule has 0 radical (unpaired) electrons. The minimum Gasteiger partial charge on any atom is -0.363 e. The summed E-state index contributed by atoms with van der Waals surface area (Å²) in [6.07, 6.45) is 5.39. The van der Waals surface area contributed by atoms with Crippen LogP contribution in [0.5, 0.6) is 0 Å². The Balaban J connectivity index is 1.88. The Hall–Kier alpha value is -2.43. The second kappa shape index (κ2) is 4.68. The number of hydrogen-bond donors (Lipinski definition) is 1. The summed E-state index contributed by atoms with van der Waals surface area (Å²) in [6.45, 7) is 2.70. The molecule has 0 atom stereocenters. The van der Waals surface area contributed by atoms with Crippen LogP contribution in [0.1, 0.15) is 11.3 Å². The quantitative estimate of drug-likeness (QED) is 0.778. The lowest BCUT2D eigenvalue weighted by molar-refractivity contribution is 0.947. The minimum atomic E-state index is 0.648. The smallest absolute Gasteiger partial charge is 0.154 e. The fourth-order valence-electron chi connectivity index (χ4n) is 2.06. The highest BCUT2D eigenvalue weighted by Gasteiger charge is 2.07. The first-order valence-electron chi connectivity index (χ1n) is 6.16. The molecule has 0 saturated carbocycles. The number of nitrogens with zero attached hydrogens (tertiary/aromatic N) is 4. The maximum atomic E-state index is 4.37. The van der Waals surface area contributed by atoms with Crippen LogP contribution >= 0.6 is 0 Å². The van der Waals surface area contributed by atoms with E-state index in [-0.39, 0.29) is 0 Å². The van der Waals surface area contributed by atoms with Gasteiger partial charge >= 0.3 is 0 Å². The Morgan fingerprint density at radius 1 is 1.16 bits per heavy atom. The highest BCUT2D eigenvalue weighted by atomic mass is 15.1. The number of pyridine rings is 2. The molecule has 0 saturated heterocycles. The summed E-state index contributed by atoms with van der Waals surface area (Å²) in [7, 11) is 1.97. The van der Waals surface area contributed by atoms with Crippen LogP contribution < -0.4 is 5.32 Å². The molecule has 3 aromatic rings. The van der Waals surface area contributed by atoms with Crippen molar-refractivity contribution in [2.24, 2.45) is 7.05 Å². The van der Waals surface area contributed by atoms with E-state index in [1.807, 2.05) is 23.7 Å². The molecule has 1 N–H and O–H groups in total. The number of aromatic nitrogens is 4. The SMILES string of the molecule is Cc1cccnc1CNc1nccc2c1ncn2C. The Kier molecular flexibility index (Phi) is 2.87. The molecule has 19 heavy (non-hydrogen) atoms. The van der Waals surface area contributed by atoms with Crippen LogP contribution in [0.25, 0.3) is 11.0 Å². The fraction of sp³-hybridized carbons (Fsp3) is 0.214. The van der Waals surface area contributed by atoms with Gasteiger partial charge in [-0.3, -0.25) is 4.98 Å². The average Bonchev–Trinajstić information content (AvgIpc) is 2.81. The van der Waals surface area contributed by atoms with Crippen LogP contribution in [0.3, 0.4) is 0 Å². The lowest BCUT2D eigenvalue weighted by Gasteiger charge is -2.07. The minimum absolute atomic E-state index is 0.648. The molecule has 0 amide bonds. The van der Waals surface area contributed by atoms with E-state index in [1.54, 1.807) is 18.7 Å². The zero-order valence-electron chi connectivity index (χ0n) is 11.0. The molecule has 0 aliphatic rings. The van der Waals surface area contributed by atoms with E-state index in [0.717, 1.165) is 22.5 Å². The van der Waals surface area contributed by atoms with Gasteiger partial charge < -0.3 is 9.88 Å². The molecule has 96 valence electrons. The van der Waals surface area contributed by atoms with Crippen molar-refractivity contribution >= 4 is 16.9 Å². The van der Waals surface area contributed by atoms with Crippen molar-refractivity contribution in [2.75, 3.05) is 5.32 Å². The van der Waals surface area contributed by atoms with E-state index in [9.17, 15) is 0 Å². The molecule has 0 aromatic carbocycles. The van der Waals surface area contributed by atoms with E-state index in [2.05, 4.69) is 33.3 Å². The van der Waals surface area contributed by atoms with Crippen molar-refractivity contribution in [2.45, 2.75) is 13.5 Å².